The van der Waals surface area contributed by atoms with Crippen molar-refractivity contribution < 1.29 is 4.92 Å². The van der Waals surface area contributed by atoms with E-state index in [1.807, 2.05) is 0 Å². The molecule has 0 heterocycles. The van der Waals surface area contributed by atoms with Gasteiger partial charge < -0.3 is 10.6 Å². The van der Waals surface area contributed by atoms with E-state index in [0.29, 0.717) is 6.54 Å². The topological polar surface area (TPSA) is 79.6 Å². The van der Waals surface area contributed by atoms with Crippen molar-refractivity contribution in [2.24, 2.45) is 4.99 Å². The lowest BCUT2D eigenvalue weighted by molar-refractivity contribution is -0.384. The average Bonchev–Trinajstić information content (AvgIpc) is 2.50. The molecule has 0 aliphatic carbocycles. The molecule has 124 valence electrons. The van der Waals surface area contributed by atoms with Gasteiger partial charge in [0.2, 0.25) is 0 Å². The fourth-order valence-electron chi connectivity index (χ4n) is 1.58. The number of nitro benzene ring substituents is 1. The van der Waals surface area contributed by atoms with Crippen LogP contribution in [0.25, 0.3) is 0 Å². The van der Waals surface area contributed by atoms with Crippen LogP contribution in [0.2, 0.25) is 0 Å². The van der Waals surface area contributed by atoms with Crippen molar-refractivity contribution >= 4 is 47.4 Å². The molecule has 8 heteroatoms. The number of nitrogens with zero attached hydrogens (tertiary/aromatic N) is 2. The zero-order valence-corrected chi connectivity index (χ0v) is 16.0. The highest BCUT2D eigenvalue weighted by atomic mass is 127. The Kier molecular flexibility index (Phi) is 11.9. The van der Waals surface area contributed by atoms with Crippen molar-refractivity contribution in [3.63, 3.8) is 0 Å². The summed E-state index contributed by atoms with van der Waals surface area (Å²) in [5.74, 6) is 1.80. The van der Waals surface area contributed by atoms with E-state index in [-0.39, 0.29) is 29.7 Å². The van der Waals surface area contributed by atoms with Crippen LogP contribution in [0, 0.1) is 10.1 Å². The zero-order chi connectivity index (χ0) is 15.5. The number of nitrogens with one attached hydrogen (secondary N) is 2. The molecule has 0 aromatic heterocycles. The largest absolute Gasteiger partial charge is 0.356 e. The molecule has 0 fully saturated rings. The van der Waals surface area contributed by atoms with Crippen molar-refractivity contribution in [1.29, 1.82) is 0 Å². The van der Waals surface area contributed by atoms with Crippen LogP contribution in [-0.4, -0.2) is 36.0 Å². The molecule has 0 radical (unpaired) electrons. The van der Waals surface area contributed by atoms with Crippen molar-refractivity contribution in [3.05, 3.63) is 39.9 Å². The monoisotopic (exact) mass is 438 g/mol. The van der Waals surface area contributed by atoms with Gasteiger partial charge in [-0.15, -0.1) is 24.0 Å². The van der Waals surface area contributed by atoms with Gasteiger partial charge in [0.15, 0.2) is 5.96 Å². The highest BCUT2D eigenvalue weighted by molar-refractivity contribution is 14.0. The van der Waals surface area contributed by atoms with Crippen LogP contribution in [0.15, 0.2) is 29.3 Å². The number of nitro groups is 1. The van der Waals surface area contributed by atoms with Crippen LogP contribution in [0.3, 0.4) is 0 Å². The molecular formula is C14H23IN4O2S. The molecular weight excluding hydrogens is 415 g/mol. The second-order valence-corrected chi connectivity index (χ2v) is 5.42. The van der Waals surface area contributed by atoms with Gasteiger partial charge in [-0.2, -0.15) is 11.8 Å². The minimum absolute atomic E-state index is 0. The van der Waals surface area contributed by atoms with Crippen LogP contribution in [0.5, 0.6) is 0 Å². The second-order valence-electron chi connectivity index (χ2n) is 4.43. The van der Waals surface area contributed by atoms with E-state index in [4.69, 9.17) is 0 Å². The van der Waals surface area contributed by atoms with Crippen LogP contribution >= 0.6 is 35.7 Å². The first-order valence-electron chi connectivity index (χ1n) is 6.91. The minimum atomic E-state index is -0.398. The van der Waals surface area contributed by atoms with Gasteiger partial charge in [0, 0.05) is 31.0 Å². The van der Waals surface area contributed by atoms with E-state index in [2.05, 4.69) is 28.8 Å². The number of hydrogen-bond donors (Lipinski definition) is 2. The third-order valence-electron chi connectivity index (χ3n) is 2.71. The Morgan fingerprint density at radius 1 is 1.27 bits per heavy atom. The normalized spacial score (nSPS) is 10.7. The Balaban J connectivity index is 0.00000441. The molecule has 0 unspecified atom stereocenters. The summed E-state index contributed by atoms with van der Waals surface area (Å²) in [6.45, 7) is 4.32. The van der Waals surface area contributed by atoms with Crippen molar-refractivity contribution in [2.45, 2.75) is 19.9 Å². The number of thioether (sulfide) groups is 1. The first-order valence-corrected chi connectivity index (χ1v) is 8.31. The van der Waals surface area contributed by atoms with E-state index < -0.39 is 4.92 Å². The molecule has 0 amide bonds. The molecule has 0 aliphatic heterocycles. The van der Waals surface area contributed by atoms with Gasteiger partial charge in [-0.1, -0.05) is 19.1 Å². The smallest absolute Gasteiger partial charge is 0.269 e. The van der Waals surface area contributed by atoms with Crippen LogP contribution in [0.4, 0.5) is 5.69 Å². The predicted octanol–water partition coefficient (Wildman–Crippen LogP) is 3.02. The fourth-order valence-corrected chi connectivity index (χ4v) is 1.89. The highest BCUT2D eigenvalue weighted by Crippen LogP contribution is 2.12. The first kappa shape index (κ1) is 21.0. The molecule has 0 saturated carbocycles. The molecule has 0 atom stereocenters. The molecule has 2 N–H and O–H groups in total. The third kappa shape index (κ3) is 8.42. The van der Waals surface area contributed by atoms with Crippen molar-refractivity contribution in [1.82, 2.24) is 10.6 Å². The van der Waals surface area contributed by atoms with Crippen molar-refractivity contribution in [3.8, 4) is 0 Å². The SMILES string of the molecule is CCCNC(=NCc1ccc([N+](=O)[O-])cc1)NCCSC.I. The summed E-state index contributed by atoms with van der Waals surface area (Å²) >= 11 is 1.78. The maximum absolute atomic E-state index is 10.6. The lowest BCUT2D eigenvalue weighted by Crippen LogP contribution is -2.38. The molecule has 1 aromatic carbocycles. The van der Waals surface area contributed by atoms with E-state index in [0.717, 1.165) is 36.8 Å². The van der Waals surface area contributed by atoms with Crippen molar-refractivity contribution in [2.75, 3.05) is 25.1 Å². The Morgan fingerprint density at radius 3 is 2.45 bits per heavy atom. The Bertz CT molecular complexity index is 468. The van der Waals surface area contributed by atoms with Gasteiger partial charge in [-0.3, -0.25) is 10.1 Å². The maximum Gasteiger partial charge on any atom is 0.269 e. The quantitative estimate of drug-likeness (QED) is 0.163. The lowest BCUT2D eigenvalue weighted by atomic mass is 10.2. The lowest BCUT2D eigenvalue weighted by Gasteiger charge is -2.11. The van der Waals surface area contributed by atoms with E-state index in [1.165, 1.54) is 12.1 Å². The minimum Gasteiger partial charge on any atom is -0.356 e. The average molecular weight is 438 g/mol. The molecule has 0 bridgehead atoms. The zero-order valence-electron chi connectivity index (χ0n) is 12.9. The van der Waals surface area contributed by atoms with Crippen LogP contribution < -0.4 is 10.6 Å². The Hall–Kier alpha value is -1.03. The highest BCUT2D eigenvalue weighted by Gasteiger charge is 2.04. The summed E-state index contributed by atoms with van der Waals surface area (Å²) in [5, 5.41) is 17.1. The Labute approximate surface area is 152 Å². The van der Waals surface area contributed by atoms with Crippen LogP contribution in [-0.2, 0) is 6.54 Å². The van der Waals surface area contributed by atoms with Gasteiger partial charge in [0.25, 0.3) is 5.69 Å². The second kappa shape index (κ2) is 12.5. The molecule has 0 aliphatic rings. The summed E-state index contributed by atoms with van der Waals surface area (Å²) in [7, 11) is 0. The third-order valence-corrected chi connectivity index (χ3v) is 3.32. The number of non-ortho nitro benzene ring substituents is 1. The number of halogens is 1. The predicted molar refractivity (Wildman–Crippen MR) is 104 cm³/mol. The van der Waals surface area contributed by atoms with Gasteiger partial charge in [0.05, 0.1) is 11.5 Å². The van der Waals surface area contributed by atoms with Gasteiger partial charge in [-0.25, -0.2) is 4.99 Å². The number of hydrogen-bond acceptors (Lipinski definition) is 4. The molecule has 1 aromatic rings. The molecule has 0 saturated heterocycles. The Morgan fingerprint density at radius 2 is 1.91 bits per heavy atom. The summed E-state index contributed by atoms with van der Waals surface area (Å²) in [6.07, 6.45) is 3.09. The number of guanidine groups is 1. The molecule has 0 spiro atoms. The summed E-state index contributed by atoms with van der Waals surface area (Å²) < 4.78 is 0. The summed E-state index contributed by atoms with van der Waals surface area (Å²) in [4.78, 5) is 14.7. The summed E-state index contributed by atoms with van der Waals surface area (Å²) in [6, 6.07) is 6.48. The number of benzene rings is 1. The van der Waals surface area contributed by atoms with E-state index in [1.54, 1.807) is 23.9 Å². The molecule has 6 nitrogen and oxygen atoms in total. The number of rotatable bonds is 8. The van der Waals surface area contributed by atoms with Crippen LogP contribution in [0.1, 0.15) is 18.9 Å². The maximum atomic E-state index is 10.6. The first-order chi connectivity index (χ1) is 10.2. The fraction of sp³-hybridized carbons (Fsp3) is 0.500. The molecule has 1 rings (SSSR count). The van der Waals surface area contributed by atoms with Gasteiger partial charge in [-0.05, 0) is 18.2 Å². The van der Waals surface area contributed by atoms with E-state index in [9.17, 15) is 10.1 Å². The molecule has 22 heavy (non-hydrogen) atoms. The standard InChI is InChI=1S/C14H22N4O2S.HI/c1-3-8-15-14(16-9-10-21-2)17-11-12-4-6-13(7-5-12)18(19)20;/h4-7H,3,8-11H2,1-2H3,(H2,15,16,17);1H. The van der Waals surface area contributed by atoms with Gasteiger partial charge in [0.1, 0.15) is 0 Å². The van der Waals surface area contributed by atoms with E-state index >= 15 is 0 Å². The number of aliphatic imine (C=N–C) groups is 1. The summed E-state index contributed by atoms with van der Waals surface area (Å²) in [5.41, 5.74) is 1.05. The van der Waals surface area contributed by atoms with Gasteiger partial charge >= 0.3 is 0 Å².